The number of anilines is 2. The van der Waals surface area contributed by atoms with Gasteiger partial charge in [0.1, 0.15) is 55.0 Å². The van der Waals surface area contributed by atoms with Crippen LogP contribution in [0.5, 0.6) is 46.0 Å². The Hall–Kier alpha value is -6.81. The number of nitrogens with zero attached hydrogens (tertiary/aromatic N) is 2. The van der Waals surface area contributed by atoms with Crippen LogP contribution in [0.4, 0.5) is 73.1 Å². The van der Waals surface area contributed by atoms with Crippen molar-refractivity contribution in [1.82, 2.24) is 9.97 Å². The molecule has 4 aromatic carbocycles. The number of hydrogen-bond acceptors (Lipinski definition) is 11. The second-order valence-corrected chi connectivity index (χ2v) is 14.7. The first kappa shape index (κ1) is 47.8. The van der Waals surface area contributed by atoms with Crippen molar-refractivity contribution in [2.24, 2.45) is 0 Å². The van der Waals surface area contributed by atoms with Gasteiger partial charge in [0.15, 0.2) is 34.6 Å². The highest BCUT2D eigenvalue weighted by atomic mass is 79.9. The summed E-state index contributed by atoms with van der Waals surface area (Å²) in [6.45, 7) is 0. The predicted molar refractivity (Wildman–Crippen MR) is 229 cm³/mol. The average Bonchev–Trinajstić information content (AvgIpc) is 3.23. The van der Waals surface area contributed by atoms with Gasteiger partial charge in [0, 0.05) is 12.1 Å². The molecule has 0 saturated carbocycles. The number of rotatable bonds is 11. The Kier molecular flexibility index (Phi) is 15.8. The fourth-order valence-electron chi connectivity index (χ4n) is 5.14. The maximum atomic E-state index is 15.0. The van der Waals surface area contributed by atoms with E-state index in [1.54, 1.807) is 6.07 Å². The van der Waals surface area contributed by atoms with Gasteiger partial charge in [-0.25, -0.2) is 18.7 Å². The number of carbonyl (C=O) groups is 2. The molecule has 0 aliphatic carbocycles. The molecule has 2 heterocycles. The number of hydrogen-bond donors (Lipinski definition) is 2. The summed E-state index contributed by atoms with van der Waals surface area (Å²) in [6.07, 6.45) is -20.7. The highest BCUT2D eigenvalue weighted by Gasteiger charge is 2.39. The highest BCUT2D eigenvalue weighted by molar-refractivity contribution is 9.10. The zero-order valence-electron chi connectivity index (χ0n) is 39.9. The van der Waals surface area contributed by atoms with Crippen LogP contribution in [-0.2, 0) is 12.4 Å². The van der Waals surface area contributed by atoms with E-state index in [1.165, 1.54) is 18.2 Å². The third kappa shape index (κ3) is 16.7. The van der Waals surface area contributed by atoms with E-state index >= 15 is 4.39 Å². The van der Waals surface area contributed by atoms with Gasteiger partial charge in [-0.3, -0.25) is 9.59 Å². The van der Waals surface area contributed by atoms with E-state index in [0.717, 1.165) is 10.7 Å². The van der Waals surface area contributed by atoms with E-state index in [-0.39, 0.29) is 22.6 Å². The van der Waals surface area contributed by atoms with Crippen LogP contribution >= 0.6 is 43.5 Å². The summed E-state index contributed by atoms with van der Waals surface area (Å²) >= 11 is 11.3. The number of benzene rings is 4. The summed E-state index contributed by atoms with van der Waals surface area (Å²) in [4.78, 5) is 32.1. The number of nitrogens with one attached hydrogen (secondary N) is 1. The fourth-order valence-corrected chi connectivity index (χ4v) is 6.01. The molecular weight excluding hydrogens is 1150 g/mol. The number of amides is 1. The Morgan fingerprint density at radius 3 is 1.39 bits per heavy atom. The van der Waals surface area contributed by atoms with Crippen LogP contribution in [0, 0.1) is 11.6 Å². The van der Waals surface area contributed by atoms with Crippen LogP contribution in [0.2, 0.25) is 0 Å². The molecule has 0 atom stereocenters. The lowest BCUT2D eigenvalue weighted by molar-refractivity contribution is -0.275. The molecule has 12 nitrogen and oxygen atoms in total. The number of pyridine rings is 2. The van der Waals surface area contributed by atoms with Crippen LogP contribution in [0.1, 0.15) is 40.1 Å². The summed E-state index contributed by atoms with van der Waals surface area (Å²) < 4.78 is 253. The van der Waals surface area contributed by atoms with Gasteiger partial charge < -0.3 is 39.5 Å². The number of halogens is 17. The molecule has 0 radical (unpaired) electrons. The number of ether oxygens (including phenoxy) is 6. The quantitative estimate of drug-likeness (QED) is 0.0724. The fraction of sp³-hybridized carbons (Fsp3) is 0.143. The smallest absolute Gasteiger partial charge is 0.493 e. The molecule has 0 aliphatic heterocycles. The molecule has 71 heavy (non-hydrogen) atoms. The van der Waals surface area contributed by atoms with Crippen molar-refractivity contribution in [3.05, 3.63) is 140 Å². The molecule has 6 aromatic rings. The molecule has 1 amide bonds. The minimum absolute atomic E-state index is 0.188. The minimum Gasteiger partial charge on any atom is -0.493 e. The third-order valence-corrected chi connectivity index (χ3v) is 8.96. The Balaban J connectivity index is 0.000000294. The van der Waals surface area contributed by atoms with Gasteiger partial charge in [0.2, 0.25) is 0 Å². The number of aromatic nitrogens is 2. The Morgan fingerprint density at radius 1 is 0.592 bits per heavy atom. The van der Waals surface area contributed by atoms with Crippen LogP contribution < -0.4 is 39.5 Å². The van der Waals surface area contributed by atoms with Gasteiger partial charge in [-0.1, -0.05) is 12.1 Å². The SMILES string of the molecule is Nc1cccc(Br)n1.[2H]C([2H])([2H])Oc1cc(OC(F)(F)F)ccc1Oc1ccc(C(F)(F)F)c(F)c1C(=O)Cl.[2H]C([2H])([2H])Oc1cc(OC(F)(F)F)ccc1Oc1ccc(C(F)(F)F)c(F)c1C(=O)Nc1cccc(Br)n1. The van der Waals surface area contributed by atoms with Crippen molar-refractivity contribution < 1.29 is 108 Å². The van der Waals surface area contributed by atoms with Crippen molar-refractivity contribution in [2.75, 3.05) is 25.1 Å². The van der Waals surface area contributed by atoms with Crippen molar-refractivity contribution in [3.63, 3.8) is 0 Å². The summed E-state index contributed by atoms with van der Waals surface area (Å²) in [5.74, 6) is -11.9. The van der Waals surface area contributed by atoms with Gasteiger partial charge >= 0.3 is 25.1 Å². The normalized spacial score (nSPS) is 13.1. The largest absolute Gasteiger partial charge is 0.573 e. The van der Waals surface area contributed by atoms with Gasteiger partial charge in [0.25, 0.3) is 11.1 Å². The zero-order valence-corrected chi connectivity index (χ0v) is 37.8. The summed E-state index contributed by atoms with van der Waals surface area (Å²) in [7, 11) is -6.43. The molecular formula is C42H25Br2ClF14N4O8. The van der Waals surface area contributed by atoms with E-state index in [9.17, 15) is 66.7 Å². The Bertz CT molecular complexity index is 3080. The lowest BCUT2D eigenvalue weighted by Gasteiger charge is -2.17. The maximum Gasteiger partial charge on any atom is 0.573 e. The van der Waals surface area contributed by atoms with E-state index in [4.69, 9.17) is 35.0 Å². The van der Waals surface area contributed by atoms with Crippen molar-refractivity contribution in [2.45, 2.75) is 25.1 Å². The minimum atomic E-state index is -5.22. The topological polar surface area (TPSA) is 153 Å². The number of alkyl halides is 12. The molecule has 3 N–H and O–H groups in total. The third-order valence-electron chi connectivity index (χ3n) is 7.89. The van der Waals surface area contributed by atoms with E-state index in [2.05, 4.69) is 66.1 Å². The van der Waals surface area contributed by atoms with E-state index in [1.807, 2.05) is 12.1 Å². The molecule has 2 aromatic heterocycles. The number of nitrogen functional groups attached to an aromatic ring is 1. The Labute approximate surface area is 419 Å². The maximum absolute atomic E-state index is 15.0. The first-order valence-corrected chi connectivity index (χ1v) is 20.0. The van der Waals surface area contributed by atoms with Gasteiger partial charge in [-0.2, -0.15) is 26.3 Å². The molecule has 380 valence electrons. The molecule has 29 heteroatoms. The monoisotopic (exact) mass is 1180 g/mol. The molecule has 0 unspecified atom stereocenters. The molecule has 0 spiro atoms. The lowest BCUT2D eigenvalue weighted by Crippen LogP contribution is -2.19. The number of methoxy groups -OCH3 is 2. The van der Waals surface area contributed by atoms with Crippen LogP contribution in [0.15, 0.2) is 106 Å². The second-order valence-electron chi connectivity index (χ2n) is 12.8. The predicted octanol–water partition coefficient (Wildman–Crippen LogP) is 14.3. The Morgan fingerprint density at radius 2 is 1.01 bits per heavy atom. The van der Waals surface area contributed by atoms with Gasteiger partial charge in [-0.15, -0.1) is 26.3 Å². The van der Waals surface area contributed by atoms with Crippen LogP contribution in [-0.4, -0.2) is 47.9 Å². The van der Waals surface area contributed by atoms with E-state index < -0.39 is 130 Å². The van der Waals surface area contributed by atoms with Crippen molar-refractivity contribution in [1.29, 1.82) is 0 Å². The lowest BCUT2D eigenvalue weighted by atomic mass is 10.1. The van der Waals surface area contributed by atoms with E-state index in [0.29, 0.717) is 48.3 Å². The molecule has 0 aliphatic rings. The molecule has 0 saturated heterocycles. The number of carbonyl (C=O) groups excluding carboxylic acids is 2. The summed E-state index contributed by atoms with van der Waals surface area (Å²) in [5, 5.41) is 0.413. The van der Waals surface area contributed by atoms with Gasteiger partial charge in [-0.05, 0) is 116 Å². The van der Waals surface area contributed by atoms with Gasteiger partial charge in [0.05, 0.1) is 33.4 Å². The molecule has 0 bridgehead atoms. The zero-order chi connectivity index (χ0) is 58.2. The van der Waals surface area contributed by atoms with Crippen LogP contribution in [0.25, 0.3) is 0 Å². The number of nitrogens with two attached hydrogens (primary N) is 1. The van der Waals surface area contributed by atoms with Crippen molar-refractivity contribution in [3.8, 4) is 46.0 Å². The second kappa shape index (κ2) is 23.4. The average molecular weight is 1180 g/mol. The molecule has 6 rings (SSSR count). The van der Waals surface area contributed by atoms with Crippen LogP contribution in [0.3, 0.4) is 0 Å². The standard InChI is InChI=1S/C21H12BrF7N2O4.C16H8ClF7O4.C5H5BrN2/c1-33-14-9-10(35-21(27,28)29)5-7-12(14)34-13-8-6-11(20(24,25)26)18(23)17(13)19(32)31-16-4-2-3-15(22)30-16;1-26-11-6-7(28-16(22,23)24)2-4-9(11)27-10-5-3-8(15(19,20)21)13(18)12(10)14(17)25;6-4-2-1-3-5(7)8-4/h2-9H,1H3,(H,30,31,32);2-6H,1H3;1-3H,(H2,7,8)/i2*1D3;. The molecule has 0 fully saturated rings. The summed E-state index contributed by atoms with van der Waals surface area (Å²) in [5.41, 5.74) is -0.955. The first-order chi connectivity index (χ1) is 35.2. The van der Waals surface area contributed by atoms with Crippen molar-refractivity contribution >= 4 is 66.2 Å². The first-order valence-electron chi connectivity index (χ1n) is 21.0. The highest BCUT2D eigenvalue weighted by Crippen LogP contribution is 2.43. The summed E-state index contributed by atoms with van der Waals surface area (Å²) in [6, 6.07) is 14.7.